The fraction of sp³-hybridized carbons (Fsp3) is 0.650. The lowest BCUT2D eigenvalue weighted by Crippen LogP contribution is -2.42. The number of allylic oxidation sites excluding steroid dienone is 1. The molecular weight excluding hydrogens is 304 g/mol. The summed E-state index contributed by atoms with van der Waals surface area (Å²) in [6.07, 6.45) is 2.00. The van der Waals surface area contributed by atoms with Crippen LogP contribution in [0.4, 0.5) is 0 Å². The van der Waals surface area contributed by atoms with E-state index < -0.39 is 11.9 Å². The monoisotopic (exact) mass is 336 g/mol. The topological polar surface area (TPSA) is 52.6 Å². The maximum Gasteiger partial charge on any atom is 0.342 e. The summed E-state index contributed by atoms with van der Waals surface area (Å²) in [5.74, 6) is -0.963. The van der Waals surface area contributed by atoms with Gasteiger partial charge in [-0.15, -0.1) is 6.58 Å². The molecule has 0 unspecified atom stereocenters. The average Bonchev–Trinajstić information content (AvgIpc) is 2.45. The Morgan fingerprint density at radius 3 is 1.88 bits per heavy atom. The number of carbonyl (C=O) groups is 2. The smallest absolute Gasteiger partial charge is 0.342 e. The fourth-order valence-electron chi connectivity index (χ4n) is 2.75. The molecule has 0 aromatic heterocycles. The van der Waals surface area contributed by atoms with Gasteiger partial charge in [0, 0.05) is 6.42 Å². The molecule has 0 saturated carbocycles. The van der Waals surface area contributed by atoms with Crippen molar-refractivity contribution in [3.05, 3.63) is 29.5 Å². The molecule has 4 heteroatoms. The van der Waals surface area contributed by atoms with Gasteiger partial charge in [0.25, 0.3) is 0 Å². The van der Waals surface area contributed by atoms with E-state index in [1.54, 1.807) is 6.08 Å². The van der Waals surface area contributed by atoms with Crippen molar-refractivity contribution in [2.24, 2.45) is 10.8 Å². The molecule has 0 aromatic rings. The van der Waals surface area contributed by atoms with Gasteiger partial charge in [-0.25, -0.2) is 9.59 Å². The molecule has 0 saturated heterocycles. The van der Waals surface area contributed by atoms with Crippen molar-refractivity contribution >= 4 is 11.9 Å². The van der Waals surface area contributed by atoms with Crippen molar-refractivity contribution in [2.75, 3.05) is 7.11 Å². The molecule has 0 aromatic carbocycles. The second-order valence-corrected chi connectivity index (χ2v) is 7.94. The van der Waals surface area contributed by atoms with Gasteiger partial charge >= 0.3 is 11.9 Å². The number of hydrogen-bond acceptors (Lipinski definition) is 4. The van der Waals surface area contributed by atoms with Crippen LogP contribution in [0, 0.1) is 10.8 Å². The Bertz CT molecular complexity index is 521. The van der Waals surface area contributed by atoms with Crippen LogP contribution in [0.25, 0.3) is 0 Å². The Kier molecular flexibility index (Phi) is 8.22. The van der Waals surface area contributed by atoms with Gasteiger partial charge in [-0.3, -0.25) is 0 Å². The maximum atomic E-state index is 12.6. The minimum absolute atomic E-state index is 0.206. The first-order valence-electron chi connectivity index (χ1n) is 8.27. The molecule has 136 valence electrons. The molecule has 24 heavy (non-hydrogen) atoms. The third-order valence-corrected chi connectivity index (χ3v) is 3.48. The molecule has 4 nitrogen and oxygen atoms in total. The molecule has 0 spiro atoms. The second-order valence-electron chi connectivity index (χ2n) is 7.94. The Balaban J connectivity index is 5.82. The minimum atomic E-state index is -0.517. The van der Waals surface area contributed by atoms with Crippen LogP contribution >= 0.6 is 0 Å². The minimum Gasteiger partial charge on any atom is -0.465 e. The molecule has 0 fully saturated rings. The van der Waals surface area contributed by atoms with Gasteiger partial charge in [-0.2, -0.15) is 0 Å². The second kappa shape index (κ2) is 8.89. The SMILES string of the molecule is C=CCC(=C=C(CC)C(=O)OC(C(C)(C)C)C(C)(C)C)C(=O)OC. The third-order valence-electron chi connectivity index (χ3n) is 3.48. The van der Waals surface area contributed by atoms with Gasteiger partial charge in [-0.05, 0) is 17.3 Å². The zero-order chi connectivity index (χ0) is 19.1. The molecule has 0 rings (SSSR count). The number of carbonyl (C=O) groups excluding carboxylic acids is 2. The van der Waals surface area contributed by atoms with E-state index in [1.807, 2.05) is 48.5 Å². The number of hydrogen-bond donors (Lipinski definition) is 0. The van der Waals surface area contributed by atoms with E-state index in [9.17, 15) is 9.59 Å². The van der Waals surface area contributed by atoms with E-state index in [-0.39, 0.29) is 28.9 Å². The summed E-state index contributed by atoms with van der Waals surface area (Å²) in [7, 11) is 1.30. The van der Waals surface area contributed by atoms with Crippen LogP contribution in [0.1, 0.15) is 61.3 Å². The predicted molar refractivity (Wildman–Crippen MR) is 96.5 cm³/mol. The average molecular weight is 336 g/mol. The molecule has 0 N–H and O–H groups in total. The predicted octanol–water partition coefficient (Wildman–Crippen LogP) is 4.60. The van der Waals surface area contributed by atoms with Crippen molar-refractivity contribution in [2.45, 2.75) is 67.4 Å². The largest absolute Gasteiger partial charge is 0.465 e. The highest BCUT2D eigenvalue weighted by Gasteiger charge is 2.38. The zero-order valence-corrected chi connectivity index (χ0v) is 16.4. The summed E-state index contributed by atoms with van der Waals surface area (Å²) in [6.45, 7) is 17.7. The summed E-state index contributed by atoms with van der Waals surface area (Å²) >= 11 is 0. The fourth-order valence-corrected chi connectivity index (χ4v) is 2.75. The summed E-state index contributed by atoms with van der Waals surface area (Å²) in [4.78, 5) is 24.4. The van der Waals surface area contributed by atoms with Crippen molar-refractivity contribution in [1.29, 1.82) is 0 Å². The summed E-state index contributed by atoms with van der Waals surface area (Å²) in [5, 5.41) is 0. The Labute approximate surface area is 146 Å². The lowest BCUT2D eigenvalue weighted by atomic mass is 9.74. The number of ether oxygens (including phenoxy) is 2. The quantitative estimate of drug-likeness (QED) is 0.308. The summed E-state index contributed by atoms with van der Waals surface area (Å²) < 4.78 is 10.5. The summed E-state index contributed by atoms with van der Waals surface area (Å²) in [6, 6.07) is 0. The highest BCUT2D eigenvalue weighted by atomic mass is 16.5. The highest BCUT2D eigenvalue weighted by Crippen LogP contribution is 2.36. The van der Waals surface area contributed by atoms with E-state index in [0.29, 0.717) is 12.0 Å². The van der Waals surface area contributed by atoms with Gasteiger partial charge in [0.1, 0.15) is 6.10 Å². The molecule has 0 amide bonds. The molecule has 0 atom stereocenters. The van der Waals surface area contributed by atoms with E-state index in [4.69, 9.17) is 9.47 Å². The van der Waals surface area contributed by atoms with Crippen molar-refractivity contribution < 1.29 is 19.1 Å². The maximum absolute atomic E-state index is 12.6. The standard InChI is InChI=1S/C20H32O4/c1-10-12-15(16(21)23-9)13-14(11-2)17(22)24-18(19(3,4)5)20(6,7)8/h10,18H,1,11-12H2,2-9H3. The third kappa shape index (κ3) is 6.76. The molecule has 0 aliphatic carbocycles. The lowest BCUT2D eigenvalue weighted by molar-refractivity contribution is -0.159. The number of rotatable bonds is 6. The van der Waals surface area contributed by atoms with E-state index in [0.717, 1.165) is 0 Å². The zero-order valence-electron chi connectivity index (χ0n) is 16.4. The Hall–Kier alpha value is -1.80. The summed E-state index contributed by atoms with van der Waals surface area (Å²) in [5.41, 5.74) is 3.06. The van der Waals surface area contributed by atoms with Crippen LogP contribution in [0.2, 0.25) is 0 Å². The van der Waals surface area contributed by atoms with Gasteiger partial charge < -0.3 is 9.47 Å². The first-order chi connectivity index (χ1) is 10.9. The molecule has 0 bridgehead atoms. The van der Waals surface area contributed by atoms with E-state index >= 15 is 0 Å². The van der Waals surface area contributed by atoms with Crippen LogP contribution in [0.15, 0.2) is 29.5 Å². The Morgan fingerprint density at radius 1 is 1.04 bits per heavy atom. The van der Waals surface area contributed by atoms with Crippen molar-refractivity contribution in [1.82, 2.24) is 0 Å². The van der Waals surface area contributed by atoms with Gasteiger partial charge in [0.05, 0.1) is 18.3 Å². The van der Waals surface area contributed by atoms with Crippen LogP contribution in [0.5, 0.6) is 0 Å². The molecule has 0 aliphatic heterocycles. The van der Waals surface area contributed by atoms with Crippen molar-refractivity contribution in [3.63, 3.8) is 0 Å². The normalized spacial score (nSPS) is 11.5. The number of esters is 2. The first kappa shape index (κ1) is 22.2. The van der Waals surface area contributed by atoms with Gasteiger partial charge in [0.15, 0.2) is 0 Å². The van der Waals surface area contributed by atoms with E-state index in [2.05, 4.69) is 12.3 Å². The Morgan fingerprint density at radius 2 is 1.54 bits per heavy atom. The van der Waals surface area contributed by atoms with Gasteiger partial charge in [-0.1, -0.05) is 60.3 Å². The molecule has 0 radical (unpaired) electrons. The molecule has 0 aliphatic rings. The van der Waals surface area contributed by atoms with Crippen molar-refractivity contribution in [3.8, 4) is 0 Å². The number of methoxy groups -OCH3 is 1. The first-order valence-corrected chi connectivity index (χ1v) is 8.27. The van der Waals surface area contributed by atoms with Crippen LogP contribution in [-0.4, -0.2) is 25.2 Å². The van der Waals surface area contributed by atoms with Gasteiger partial charge in [0.2, 0.25) is 0 Å². The van der Waals surface area contributed by atoms with Crippen LogP contribution < -0.4 is 0 Å². The molecule has 0 heterocycles. The molecular formula is C20H32O4. The van der Waals surface area contributed by atoms with Crippen LogP contribution in [0.3, 0.4) is 0 Å². The highest BCUT2D eigenvalue weighted by molar-refractivity contribution is 5.92. The van der Waals surface area contributed by atoms with Crippen LogP contribution in [-0.2, 0) is 19.1 Å². The van der Waals surface area contributed by atoms with E-state index in [1.165, 1.54) is 7.11 Å². The lowest BCUT2D eigenvalue weighted by Gasteiger charge is -2.39.